The van der Waals surface area contributed by atoms with E-state index in [1.54, 1.807) is 18.7 Å². The van der Waals surface area contributed by atoms with Gasteiger partial charge in [-0.25, -0.2) is 4.98 Å². The van der Waals surface area contributed by atoms with E-state index in [9.17, 15) is 14.4 Å². The lowest BCUT2D eigenvalue weighted by Gasteiger charge is -2.41. The molecule has 0 N–H and O–H groups in total. The lowest BCUT2D eigenvalue weighted by Crippen LogP contribution is -2.47. The zero-order valence-electron chi connectivity index (χ0n) is 24.8. The molecule has 43 heavy (non-hydrogen) atoms. The summed E-state index contributed by atoms with van der Waals surface area (Å²) in [6, 6.07) is 13.8. The molecule has 0 aliphatic carbocycles. The zero-order chi connectivity index (χ0) is 29.9. The normalized spacial score (nSPS) is 19.5. The minimum atomic E-state index is -0.245. The molecule has 4 aliphatic heterocycles. The van der Waals surface area contributed by atoms with Crippen molar-refractivity contribution >= 4 is 17.7 Å². The predicted octanol–water partition coefficient (Wildman–Crippen LogP) is 4.02. The van der Waals surface area contributed by atoms with Crippen molar-refractivity contribution in [2.24, 2.45) is 5.92 Å². The van der Waals surface area contributed by atoms with Crippen LogP contribution in [0.15, 0.2) is 53.3 Å². The SMILES string of the molecule is CC(=O)N1CCC(C(=O)N2CCc3cc4ccc3C2c2cccc(c2)OCCCN(C(=O)c2ocnc2C)CCO4)CC1. The Balaban J connectivity index is 1.28. The molecular formula is C33H38N4O6. The van der Waals surface area contributed by atoms with Crippen molar-refractivity contribution in [1.82, 2.24) is 19.7 Å². The van der Waals surface area contributed by atoms with Gasteiger partial charge in [-0.2, -0.15) is 0 Å². The summed E-state index contributed by atoms with van der Waals surface area (Å²) in [5.41, 5.74) is 3.77. The van der Waals surface area contributed by atoms with E-state index in [1.807, 2.05) is 34.1 Å². The van der Waals surface area contributed by atoms with Gasteiger partial charge in [-0.15, -0.1) is 0 Å². The summed E-state index contributed by atoms with van der Waals surface area (Å²) in [5.74, 6) is 1.59. The van der Waals surface area contributed by atoms with Crippen molar-refractivity contribution in [2.45, 2.75) is 45.6 Å². The molecule has 1 atom stereocenters. The van der Waals surface area contributed by atoms with Crippen LogP contribution in [0.25, 0.3) is 0 Å². The second-order valence-corrected chi connectivity index (χ2v) is 11.5. The number of likely N-dealkylation sites (tertiary alicyclic amines) is 1. The lowest BCUT2D eigenvalue weighted by atomic mass is 9.85. The lowest BCUT2D eigenvalue weighted by molar-refractivity contribution is -0.141. The van der Waals surface area contributed by atoms with E-state index >= 15 is 0 Å². The van der Waals surface area contributed by atoms with Gasteiger partial charge in [0.25, 0.3) is 5.91 Å². The van der Waals surface area contributed by atoms with E-state index in [4.69, 9.17) is 13.9 Å². The van der Waals surface area contributed by atoms with Gasteiger partial charge in [-0.3, -0.25) is 14.4 Å². The van der Waals surface area contributed by atoms with Crippen molar-refractivity contribution in [3.63, 3.8) is 0 Å². The van der Waals surface area contributed by atoms with Crippen LogP contribution in [0, 0.1) is 12.8 Å². The Bertz CT molecular complexity index is 1490. The highest BCUT2D eigenvalue weighted by molar-refractivity contribution is 5.92. The summed E-state index contributed by atoms with van der Waals surface area (Å²) in [5, 5.41) is 0. The molecule has 3 amide bonds. The number of oxazole rings is 1. The Labute approximate surface area is 251 Å². The van der Waals surface area contributed by atoms with Crippen LogP contribution in [0.5, 0.6) is 11.5 Å². The van der Waals surface area contributed by atoms with E-state index in [1.165, 1.54) is 6.39 Å². The fourth-order valence-corrected chi connectivity index (χ4v) is 6.43. The first-order valence-corrected chi connectivity index (χ1v) is 15.1. The first-order chi connectivity index (χ1) is 20.9. The van der Waals surface area contributed by atoms with E-state index < -0.39 is 0 Å². The number of aromatic nitrogens is 1. The maximum atomic E-state index is 14.0. The van der Waals surface area contributed by atoms with Gasteiger partial charge in [0, 0.05) is 39.0 Å². The highest BCUT2D eigenvalue weighted by Crippen LogP contribution is 2.39. The first-order valence-electron chi connectivity index (χ1n) is 15.1. The van der Waals surface area contributed by atoms with Gasteiger partial charge in [0.05, 0.1) is 24.9 Å². The summed E-state index contributed by atoms with van der Waals surface area (Å²) in [6.45, 7) is 6.78. The van der Waals surface area contributed by atoms with Crippen LogP contribution in [0.3, 0.4) is 0 Å². The summed E-state index contributed by atoms with van der Waals surface area (Å²) in [6.07, 6.45) is 3.98. The summed E-state index contributed by atoms with van der Waals surface area (Å²) in [7, 11) is 0. The molecule has 5 heterocycles. The van der Waals surface area contributed by atoms with Crippen molar-refractivity contribution < 1.29 is 28.3 Å². The Hall–Kier alpha value is -4.34. The fourth-order valence-electron chi connectivity index (χ4n) is 6.43. The Kier molecular flexibility index (Phi) is 8.35. The third-order valence-electron chi connectivity index (χ3n) is 8.79. The molecule has 10 nitrogen and oxygen atoms in total. The number of carbonyl (C=O) groups excluding carboxylic acids is 3. The molecule has 1 fully saturated rings. The summed E-state index contributed by atoms with van der Waals surface area (Å²) < 4.78 is 17.7. The maximum absolute atomic E-state index is 14.0. The fraction of sp³-hybridized carbons (Fsp3) is 0.455. The molecule has 7 rings (SSSR count). The highest BCUT2D eigenvalue weighted by Gasteiger charge is 2.37. The van der Waals surface area contributed by atoms with Crippen LogP contribution >= 0.6 is 0 Å². The van der Waals surface area contributed by atoms with Crippen LogP contribution in [-0.4, -0.2) is 83.3 Å². The minimum Gasteiger partial charge on any atom is -0.494 e. The predicted molar refractivity (Wildman–Crippen MR) is 158 cm³/mol. The molecule has 10 heteroatoms. The number of carbonyl (C=O) groups is 3. The van der Waals surface area contributed by atoms with Gasteiger partial charge >= 0.3 is 0 Å². The number of ether oxygens (including phenoxy) is 2. The summed E-state index contributed by atoms with van der Waals surface area (Å²) >= 11 is 0. The van der Waals surface area contributed by atoms with Gasteiger partial charge in [-0.05, 0) is 73.6 Å². The van der Waals surface area contributed by atoms with Crippen LogP contribution in [0.1, 0.15) is 65.2 Å². The molecule has 1 unspecified atom stereocenters. The van der Waals surface area contributed by atoms with Crippen molar-refractivity contribution in [2.75, 3.05) is 45.9 Å². The molecule has 226 valence electrons. The Morgan fingerprint density at radius 3 is 2.44 bits per heavy atom. The van der Waals surface area contributed by atoms with E-state index in [0.717, 1.165) is 28.2 Å². The third kappa shape index (κ3) is 6.09. The number of aryl methyl sites for hydroxylation is 1. The van der Waals surface area contributed by atoms with Crippen molar-refractivity contribution in [1.29, 1.82) is 0 Å². The Morgan fingerprint density at radius 1 is 0.884 bits per heavy atom. The molecule has 6 bridgehead atoms. The van der Waals surface area contributed by atoms with Crippen molar-refractivity contribution in [3.8, 4) is 11.5 Å². The monoisotopic (exact) mass is 586 g/mol. The van der Waals surface area contributed by atoms with Crippen LogP contribution < -0.4 is 9.47 Å². The molecular weight excluding hydrogens is 548 g/mol. The van der Waals surface area contributed by atoms with E-state index in [0.29, 0.717) is 77.3 Å². The number of piperidine rings is 1. The minimum absolute atomic E-state index is 0.0643. The van der Waals surface area contributed by atoms with E-state index in [-0.39, 0.29) is 35.4 Å². The summed E-state index contributed by atoms with van der Waals surface area (Å²) in [4.78, 5) is 48.7. The van der Waals surface area contributed by atoms with Gasteiger partial charge in [-0.1, -0.05) is 18.2 Å². The average molecular weight is 587 g/mol. The second-order valence-electron chi connectivity index (χ2n) is 11.5. The topological polar surface area (TPSA) is 105 Å². The number of hydrogen-bond donors (Lipinski definition) is 0. The quantitative estimate of drug-likeness (QED) is 0.447. The number of benzene rings is 2. The average Bonchev–Trinajstić information content (AvgIpc) is 3.46. The van der Waals surface area contributed by atoms with Gasteiger partial charge < -0.3 is 28.6 Å². The molecule has 1 saturated heterocycles. The number of rotatable bonds is 2. The van der Waals surface area contributed by atoms with Crippen LogP contribution in [0.2, 0.25) is 0 Å². The number of fused-ring (bicyclic) bond motifs is 8. The molecule has 1 aromatic heterocycles. The molecule has 4 aliphatic rings. The van der Waals surface area contributed by atoms with E-state index in [2.05, 4.69) is 23.2 Å². The molecule has 2 aromatic carbocycles. The zero-order valence-corrected chi connectivity index (χ0v) is 24.8. The first kappa shape index (κ1) is 28.8. The number of nitrogens with zero attached hydrogens (tertiary/aromatic N) is 4. The number of amides is 3. The van der Waals surface area contributed by atoms with Gasteiger partial charge in [0.2, 0.25) is 17.6 Å². The van der Waals surface area contributed by atoms with Crippen molar-refractivity contribution in [3.05, 3.63) is 77.0 Å². The Morgan fingerprint density at radius 2 is 1.67 bits per heavy atom. The standard InChI is InChI=1S/C33H38N4O6/c1-22-31(43-21-34-22)33(40)36-12-4-17-41-27-6-3-5-26(20-27)30-29-8-7-28(42-18-16-36)19-25(29)11-15-37(30)32(39)24-9-13-35(14-10-24)23(2)38/h3,5-8,19-21,24,30H,4,9-18H2,1-2H3. The molecule has 0 spiro atoms. The maximum Gasteiger partial charge on any atom is 0.291 e. The van der Waals surface area contributed by atoms with Crippen LogP contribution in [-0.2, 0) is 16.0 Å². The van der Waals surface area contributed by atoms with Gasteiger partial charge in [0.1, 0.15) is 18.1 Å². The number of hydrogen-bond acceptors (Lipinski definition) is 7. The van der Waals surface area contributed by atoms with Crippen LogP contribution in [0.4, 0.5) is 0 Å². The largest absolute Gasteiger partial charge is 0.494 e. The second kappa shape index (κ2) is 12.5. The smallest absolute Gasteiger partial charge is 0.291 e. The highest BCUT2D eigenvalue weighted by atomic mass is 16.5. The third-order valence-corrected chi connectivity index (χ3v) is 8.79. The molecule has 0 saturated carbocycles. The molecule has 0 radical (unpaired) electrons. The van der Waals surface area contributed by atoms with Gasteiger partial charge in [0.15, 0.2) is 6.39 Å². The molecule has 3 aromatic rings.